The Morgan fingerprint density at radius 3 is 3.00 bits per heavy atom. The number of rotatable bonds is 3. The summed E-state index contributed by atoms with van der Waals surface area (Å²) in [6.45, 7) is 0. The standard InChI is InChI=1S/C12H15NO3/c1-16-8-3-5-9-7(6-8)2-4-10(9)11(13)12(14)15/h3,5-6,10-11H,2,4,13H2,1H3,(H,14,15). The molecular weight excluding hydrogens is 206 g/mol. The Kier molecular flexibility index (Phi) is 2.83. The molecule has 4 nitrogen and oxygen atoms in total. The van der Waals surface area contributed by atoms with Gasteiger partial charge in [-0.25, -0.2) is 0 Å². The second-order valence-electron chi connectivity index (χ2n) is 4.07. The van der Waals surface area contributed by atoms with Crippen LogP contribution in [-0.4, -0.2) is 24.2 Å². The van der Waals surface area contributed by atoms with E-state index in [2.05, 4.69) is 0 Å². The van der Waals surface area contributed by atoms with Crippen molar-refractivity contribution >= 4 is 5.97 Å². The first-order chi connectivity index (χ1) is 7.63. The molecule has 86 valence electrons. The van der Waals surface area contributed by atoms with Crippen LogP contribution in [0.15, 0.2) is 18.2 Å². The molecule has 0 aromatic heterocycles. The number of fused-ring (bicyclic) bond motifs is 1. The van der Waals surface area contributed by atoms with E-state index < -0.39 is 12.0 Å². The van der Waals surface area contributed by atoms with Gasteiger partial charge in [-0.2, -0.15) is 0 Å². The van der Waals surface area contributed by atoms with E-state index in [-0.39, 0.29) is 5.92 Å². The lowest BCUT2D eigenvalue weighted by molar-refractivity contribution is -0.139. The van der Waals surface area contributed by atoms with Crippen LogP contribution in [0.1, 0.15) is 23.5 Å². The zero-order valence-electron chi connectivity index (χ0n) is 9.14. The van der Waals surface area contributed by atoms with Gasteiger partial charge in [-0.15, -0.1) is 0 Å². The summed E-state index contributed by atoms with van der Waals surface area (Å²) >= 11 is 0. The maximum atomic E-state index is 10.9. The molecule has 2 rings (SSSR count). The van der Waals surface area contributed by atoms with Crippen molar-refractivity contribution < 1.29 is 14.6 Å². The summed E-state index contributed by atoms with van der Waals surface area (Å²) in [5.74, 6) is -0.199. The van der Waals surface area contributed by atoms with Crippen molar-refractivity contribution in [3.8, 4) is 5.75 Å². The van der Waals surface area contributed by atoms with Gasteiger partial charge in [0.15, 0.2) is 0 Å². The van der Waals surface area contributed by atoms with Gasteiger partial charge in [0, 0.05) is 5.92 Å². The molecule has 4 heteroatoms. The first-order valence-electron chi connectivity index (χ1n) is 5.28. The van der Waals surface area contributed by atoms with Gasteiger partial charge < -0.3 is 15.6 Å². The summed E-state index contributed by atoms with van der Waals surface area (Å²) in [5.41, 5.74) is 7.88. The Bertz CT molecular complexity index is 417. The molecule has 2 unspecified atom stereocenters. The number of nitrogens with two attached hydrogens (primary N) is 1. The van der Waals surface area contributed by atoms with Crippen LogP contribution >= 0.6 is 0 Å². The molecule has 3 N–H and O–H groups in total. The highest BCUT2D eigenvalue weighted by Crippen LogP contribution is 2.36. The number of aryl methyl sites for hydroxylation is 1. The number of methoxy groups -OCH3 is 1. The zero-order valence-corrected chi connectivity index (χ0v) is 9.14. The van der Waals surface area contributed by atoms with Crippen molar-refractivity contribution in [2.45, 2.75) is 24.8 Å². The second kappa shape index (κ2) is 4.14. The van der Waals surface area contributed by atoms with E-state index in [1.165, 1.54) is 0 Å². The maximum Gasteiger partial charge on any atom is 0.321 e. The third kappa shape index (κ3) is 1.76. The number of carboxylic acid groups (broad SMARTS) is 1. The maximum absolute atomic E-state index is 10.9. The van der Waals surface area contributed by atoms with Gasteiger partial charge in [0.25, 0.3) is 0 Å². The molecule has 16 heavy (non-hydrogen) atoms. The van der Waals surface area contributed by atoms with Crippen LogP contribution < -0.4 is 10.5 Å². The summed E-state index contributed by atoms with van der Waals surface area (Å²) in [7, 11) is 1.62. The molecule has 0 fully saturated rings. The number of carbonyl (C=O) groups is 1. The van der Waals surface area contributed by atoms with E-state index in [0.717, 1.165) is 29.7 Å². The minimum absolute atomic E-state index is 0.0709. The Morgan fingerprint density at radius 1 is 1.62 bits per heavy atom. The highest BCUT2D eigenvalue weighted by Gasteiger charge is 2.31. The third-order valence-electron chi connectivity index (χ3n) is 3.19. The Hall–Kier alpha value is -1.55. The Morgan fingerprint density at radius 2 is 2.38 bits per heavy atom. The molecule has 0 radical (unpaired) electrons. The minimum atomic E-state index is -0.936. The average molecular weight is 221 g/mol. The molecule has 0 spiro atoms. The highest BCUT2D eigenvalue weighted by molar-refractivity contribution is 5.75. The smallest absolute Gasteiger partial charge is 0.321 e. The summed E-state index contributed by atoms with van der Waals surface area (Å²) in [4.78, 5) is 10.9. The van der Waals surface area contributed by atoms with Gasteiger partial charge in [-0.05, 0) is 36.1 Å². The van der Waals surface area contributed by atoms with Crippen LogP contribution in [0.2, 0.25) is 0 Å². The topological polar surface area (TPSA) is 72.5 Å². The quantitative estimate of drug-likeness (QED) is 0.802. The predicted molar refractivity (Wildman–Crippen MR) is 59.7 cm³/mol. The van der Waals surface area contributed by atoms with E-state index in [4.69, 9.17) is 15.6 Å². The molecule has 1 aliphatic carbocycles. The lowest BCUT2D eigenvalue weighted by Crippen LogP contribution is -2.35. The summed E-state index contributed by atoms with van der Waals surface area (Å²) in [5, 5.41) is 8.92. The summed E-state index contributed by atoms with van der Waals surface area (Å²) in [6.07, 6.45) is 1.67. The molecule has 1 aliphatic rings. The van der Waals surface area contributed by atoms with E-state index in [0.29, 0.717) is 0 Å². The number of hydrogen-bond donors (Lipinski definition) is 2. The van der Waals surface area contributed by atoms with Crippen LogP contribution in [0.25, 0.3) is 0 Å². The first-order valence-corrected chi connectivity index (χ1v) is 5.28. The largest absolute Gasteiger partial charge is 0.497 e. The van der Waals surface area contributed by atoms with Crippen molar-refractivity contribution in [1.82, 2.24) is 0 Å². The van der Waals surface area contributed by atoms with Crippen LogP contribution in [0, 0.1) is 0 Å². The number of benzene rings is 1. The molecule has 0 heterocycles. The van der Waals surface area contributed by atoms with Crippen LogP contribution in [0.5, 0.6) is 5.75 Å². The number of hydrogen-bond acceptors (Lipinski definition) is 3. The molecule has 2 atom stereocenters. The summed E-state index contributed by atoms with van der Waals surface area (Å²) < 4.78 is 5.14. The Balaban J connectivity index is 2.30. The third-order valence-corrected chi connectivity index (χ3v) is 3.19. The number of aliphatic carboxylic acids is 1. The molecule has 0 saturated carbocycles. The summed E-state index contributed by atoms with van der Waals surface area (Å²) in [6, 6.07) is 4.93. The van der Waals surface area contributed by atoms with Crippen molar-refractivity contribution in [2.75, 3.05) is 7.11 Å². The Labute approximate surface area is 94.0 Å². The number of ether oxygens (including phenoxy) is 1. The zero-order chi connectivity index (χ0) is 11.7. The van der Waals surface area contributed by atoms with Gasteiger partial charge in [0.1, 0.15) is 11.8 Å². The molecule has 0 bridgehead atoms. The molecular formula is C12H15NO3. The van der Waals surface area contributed by atoms with Gasteiger partial charge in [-0.1, -0.05) is 6.07 Å². The molecule has 0 saturated heterocycles. The highest BCUT2D eigenvalue weighted by atomic mass is 16.5. The minimum Gasteiger partial charge on any atom is -0.497 e. The molecule has 1 aromatic rings. The van der Waals surface area contributed by atoms with Crippen molar-refractivity contribution in [3.05, 3.63) is 29.3 Å². The fourth-order valence-electron chi connectivity index (χ4n) is 2.30. The van der Waals surface area contributed by atoms with Gasteiger partial charge in [0.2, 0.25) is 0 Å². The molecule has 1 aromatic carbocycles. The fraction of sp³-hybridized carbons (Fsp3) is 0.417. The fourth-order valence-corrected chi connectivity index (χ4v) is 2.30. The van der Waals surface area contributed by atoms with E-state index in [1.807, 2.05) is 18.2 Å². The van der Waals surface area contributed by atoms with Crippen LogP contribution in [0.4, 0.5) is 0 Å². The van der Waals surface area contributed by atoms with E-state index in [9.17, 15) is 4.79 Å². The second-order valence-corrected chi connectivity index (χ2v) is 4.07. The SMILES string of the molecule is COc1ccc2c(c1)CCC2C(N)C(=O)O. The van der Waals surface area contributed by atoms with Crippen LogP contribution in [0.3, 0.4) is 0 Å². The van der Waals surface area contributed by atoms with Gasteiger partial charge in [0.05, 0.1) is 7.11 Å². The van der Waals surface area contributed by atoms with Crippen molar-refractivity contribution in [1.29, 1.82) is 0 Å². The van der Waals surface area contributed by atoms with E-state index in [1.54, 1.807) is 7.11 Å². The molecule has 0 amide bonds. The van der Waals surface area contributed by atoms with Crippen molar-refractivity contribution in [2.24, 2.45) is 5.73 Å². The lowest BCUT2D eigenvalue weighted by Gasteiger charge is -2.16. The predicted octanol–water partition coefficient (Wildman–Crippen LogP) is 1.14. The number of carboxylic acids is 1. The van der Waals surface area contributed by atoms with Gasteiger partial charge in [-0.3, -0.25) is 4.79 Å². The van der Waals surface area contributed by atoms with Gasteiger partial charge >= 0.3 is 5.97 Å². The normalized spacial score (nSPS) is 20.2. The van der Waals surface area contributed by atoms with Crippen molar-refractivity contribution in [3.63, 3.8) is 0 Å². The lowest BCUT2D eigenvalue weighted by atomic mass is 9.94. The average Bonchev–Trinajstić information content (AvgIpc) is 2.70. The monoisotopic (exact) mass is 221 g/mol. The molecule has 0 aliphatic heterocycles. The van der Waals surface area contributed by atoms with Crippen LogP contribution in [-0.2, 0) is 11.2 Å². The first kappa shape index (κ1) is 11.0. The van der Waals surface area contributed by atoms with E-state index >= 15 is 0 Å².